The van der Waals surface area contributed by atoms with Crippen LogP contribution in [-0.2, 0) is 6.54 Å². The molecule has 30 heavy (non-hydrogen) atoms. The zero-order valence-corrected chi connectivity index (χ0v) is 17.6. The predicted octanol–water partition coefficient (Wildman–Crippen LogP) is 3.12. The summed E-state index contributed by atoms with van der Waals surface area (Å²) in [6.07, 6.45) is 0.747. The van der Waals surface area contributed by atoms with Crippen LogP contribution in [0.5, 0.6) is 0 Å². The third-order valence-corrected chi connectivity index (χ3v) is 4.58. The van der Waals surface area contributed by atoms with E-state index in [1.807, 2.05) is 31.2 Å². The summed E-state index contributed by atoms with van der Waals surface area (Å²) in [6, 6.07) is 7.52. The van der Waals surface area contributed by atoms with Crippen molar-refractivity contribution in [2.24, 2.45) is 5.73 Å². The van der Waals surface area contributed by atoms with E-state index in [0.717, 1.165) is 22.3 Å². The summed E-state index contributed by atoms with van der Waals surface area (Å²) in [5.41, 5.74) is 7.71. The molecular weight excluding hydrogens is 404 g/mol. The second-order valence-corrected chi connectivity index (χ2v) is 7.12. The first-order valence-corrected chi connectivity index (χ1v) is 9.73. The lowest BCUT2D eigenvalue weighted by Gasteiger charge is -2.03. The topological polar surface area (TPSA) is 159 Å². The SMILES string of the molecule is CC(=O)c1csc(CN)n1.Cc1cccc(-c2oc(C)nc2C(=O)NC(=N)C=N)c1. The van der Waals surface area contributed by atoms with Crippen molar-refractivity contribution in [1.82, 2.24) is 15.3 Å². The third kappa shape index (κ3) is 6.00. The van der Waals surface area contributed by atoms with Crippen molar-refractivity contribution in [3.8, 4) is 11.3 Å². The van der Waals surface area contributed by atoms with E-state index in [9.17, 15) is 9.59 Å². The minimum atomic E-state index is -0.563. The number of benzene rings is 1. The highest BCUT2D eigenvalue weighted by atomic mass is 32.1. The first-order chi connectivity index (χ1) is 14.2. The molecule has 0 radical (unpaired) electrons. The van der Waals surface area contributed by atoms with E-state index < -0.39 is 5.91 Å². The monoisotopic (exact) mass is 426 g/mol. The molecule has 0 bridgehead atoms. The molecule has 156 valence electrons. The number of nitrogens with zero attached hydrogens (tertiary/aromatic N) is 2. The molecule has 1 aromatic carbocycles. The van der Waals surface area contributed by atoms with Crippen LogP contribution >= 0.6 is 11.3 Å². The Bertz CT molecular complexity index is 1090. The largest absolute Gasteiger partial charge is 0.440 e. The van der Waals surface area contributed by atoms with Gasteiger partial charge in [-0.25, -0.2) is 9.97 Å². The molecule has 0 atom stereocenters. The molecule has 3 aromatic rings. The Labute approximate surface area is 177 Å². The quantitative estimate of drug-likeness (QED) is 0.279. The Kier molecular flexibility index (Phi) is 7.84. The average Bonchev–Trinajstić information content (AvgIpc) is 3.35. The first kappa shape index (κ1) is 22.8. The zero-order valence-electron chi connectivity index (χ0n) is 16.8. The molecule has 0 unspecified atom stereocenters. The summed E-state index contributed by atoms with van der Waals surface area (Å²) in [5, 5.41) is 19.0. The number of oxazole rings is 1. The number of hydrogen-bond acceptors (Lipinski definition) is 9. The molecule has 0 aliphatic heterocycles. The standard InChI is InChI=1S/C14H14N4O2.C6H8N2OS/c1-8-4-3-5-10(6-8)13-12(17-9(2)20-13)14(19)18-11(16)7-15;1-4(9)5-3-10-6(2-7)8-5/h3-7,15H,1-2H3,(H2,16,18,19);3H,2,7H2,1H3. The van der Waals surface area contributed by atoms with Gasteiger partial charge in [0.15, 0.2) is 23.1 Å². The summed E-state index contributed by atoms with van der Waals surface area (Å²) in [4.78, 5) is 30.7. The molecule has 0 aliphatic carbocycles. The van der Waals surface area contributed by atoms with Gasteiger partial charge in [0.05, 0.1) is 6.21 Å². The molecule has 2 heterocycles. The lowest BCUT2D eigenvalue weighted by molar-refractivity contribution is 0.0971. The Balaban J connectivity index is 0.000000269. The number of thiazole rings is 1. The second kappa shape index (κ2) is 10.3. The highest BCUT2D eigenvalue weighted by Gasteiger charge is 2.20. The number of amides is 1. The number of Topliss-reactive ketones (excluding diaryl/α,β-unsaturated/α-hetero) is 1. The molecule has 1 amide bonds. The molecule has 5 N–H and O–H groups in total. The van der Waals surface area contributed by atoms with E-state index in [0.29, 0.717) is 23.9 Å². The maximum Gasteiger partial charge on any atom is 0.279 e. The number of carbonyl (C=O) groups is 2. The van der Waals surface area contributed by atoms with Crippen molar-refractivity contribution in [3.63, 3.8) is 0 Å². The number of carbonyl (C=O) groups excluding carboxylic acids is 2. The van der Waals surface area contributed by atoms with E-state index in [2.05, 4.69) is 15.3 Å². The van der Waals surface area contributed by atoms with Gasteiger partial charge in [0.2, 0.25) is 0 Å². The van der Waals surface area contributed by atoms with Gasteiger partial charge in [0, 0.05) is 31.3 Å². The average molecular weight is 427 g/mol. The number of ketones is 1. The fourth-order valence-corrected chi connectivity index (χ4v) is 3.06. The summed E-state index contributed by atoms with van der Waals surface area (Å²) in [6.45, 7) is 5.50. The Hall–Kier alpha value is -3.50. The minimum absolute atomic E-state index is 0.00375. The highest BCUT2D eigenvalue weighted by Crippen LogP contribution is 2.25. The van der Waals surface area contributed by atoms with Crippen molar-refractivity contribution in [3.05, 3.63) is 57.5 Å². The van der Waals surface area contributed by atoms with Crippen LogP contribution in [0.3, 0.4) is 0 Å². The van der Waals surface area contributed by atoms with E-state index in [1.54, 1.807) is 12.3 Å². The van der Waals surface area contributed by atoms with Crippen LogP contribution in [0.2, 0.25) is 0 Å². The normalized spacial score (nSPS) is 10.0. The minimum Gasteiger partial charge on any atom is -0.440 e. The van der Waals surface area contributed by atoms with Crippen LogP contribution in [0, 0.1) is 24.7 Å². The Morgan fingerprint density at radius 3 is 2.57 bits per heavy atom. The van der Waals surface area contributed by atoms with Gasteiger partial charge in [-0.3, -0.25) is 15.0 Å². The number of aryl methyl sites for hydroxylation is 2. The van der Waals surface area contributed by atoms with Crippen molar-refractivity contribution >= 4 is 35.1 Å². The lowest BCUT2D eigenvalue weighted by atomic mass is 10.1. The van der Waals surface area contributed by atoms with Crippen molar-refractivity contribution in [1.29, 1.82) is 10.8 Å². The van der Waals surface area contributed by atoms with E-state index in [4.69, 9.17) is 21.0 Å². The lowest BCUT2D eigenvalue weighted by Crippen LogP contribution is -2.31. The number of nitrogens with one attached hydrogen (secondary N) is 3. The predicted molar refractivity (Wildman–Crippen MR) is 115 cm³/mol. The number of aromatic nitrogens is 2. The molecule has 3 rings (SSSR count). The van der Waals surface area contributed by atoms with Gasteiger partial charge in [-0.1, -0.05) is 23.8 Å². The maximum atomic E-state index is 12.0. The van der Waals surface area contributed by atoms with E-state index in [1.165, 1.54) is 18.3 Å². The summed E-state index contributed by atoms with van der Waals surface area (Å²) in [7, 11) is 0. The third-order valence-electron chi connectivity index (χ3n) is 3.71. The van der Waals surface area contributed by atoms with Crippen molar-refractivity contribution < 1.29 is 14.0 Å². The van der Waals surface area contributed by atoms with Crippen LogP contribution in [0.1, 0.15) is 44.4 Å². The molecule has 0 saturated heterocycles. The van der Waals surface area contributed by atoms with E-state index in [-0.39, 0.29) is 17.3 Å². The maximum absolute atomic E-state index is 12.0. The van der Waals surface area contributed by atoms with Crippen LogP contribution < -0.4 is 11.1 Å². The van der Waals surface area contributed by atoms with Gasteiger partial charge >= 0.3 is 0 Å². The fourth-order valence-electron chi connectivity index (χ4n) is 2.35. The molecule has 10 heteroatoms. The van der Waals surface area contributed by atoms with Gasteiger partial charge in [0.1, 0.15) is 16.5 Å². The first-order valence-electron chi connectivity index (χ1n) is 8.85. The van der Waals surface area contributed by atoms with Crippen molar-refractivity contribution in [2.45, 2.75) is 27.3 Å². The number of rotatable bonds is 5. The molecule has 0 spiro atoms. The number of hydrogen-bond donors (Lipinski definition) is 4. The van der Waals surface area contributed by atoms with Gasteiger partial charge in [-0.05, 0) is 13.0 Å². The molecule has 0 aliphatic rings. The van der Waals surface area contributed by atoms with Gasteiger partial charge in [-0.15, -0.1) is 11.3 Å². The second-order valence-electron chi connectivity index (χ2n) is 6.18. The van der Waals surface area contributed by atoms with Crippen LogP contribution in [-0.4, -0.2) is 33.7 Å². The Morgan fingerprint density at radius 2 is 2.03 bits per heavy atom. The van der Waals surface area contributed by atoms with Gasteiger partial charge < -0.3 is 20.9 Å². The smallest absolute Gasteiger partial charge is 0.279 e. The number of amidine groups is 1. The fraction of sp³-hybridized carbons (Fsp3) is 0.200. The summed E-state index contributed by atoms with van der Waals surface area (Å²) < 4.78 is 5.49. The number of nitrogens with two attached hydrogens (primary N) is 1. The van der Waals surface area contributed by atoms with Crippen LogP contribution in [0.15, 0.2) is 34.1 Å². The van der Waals surface area contributed by atoms with Crippen LogP contribution in [0.4, 0.5) is 0 Å². The molecule has 0 fully saturated rings. The Morgan fingerprint density at radius 1 is 1.30 bits per heavy atom. The highest BCUT2D eigenvalue weighted by molar-refractivity contribution is 7.09. The molecule has 0 saturated carbocycles. The summed E-state index contributed by atoms with van der Waals surface area (Å²) in [5.74, 6) is -0.136. The van der Waals surface area contributed by atoms with Gasteiger partial charge in [-0.2, -0.15) is 0 Å². The van der Waals surface area contributed by atoms with Crippen LogP contribution in [0.25, 0.3) is 11.3 Å². The molecule has 9 nitrogen and oxygen atoms in total. The van der Waals surface area contributed by atoms with Crippen molar-refractivity contribution in [2.75, 3.05) is 0 Å². The molecule has 2 aromatic heterocycles. The van der Waals surface area contributed by atoms with E-state index >= 15 is 0 Å². The zero-order chi connectivity index (χ0) is 22.3. The van der Waals surface area contributed by atoms with Gasteiger partial charge in [0.25, 0.3) is 5.91 Å². The molecular formula is C20H22N6O3S. The summed E-state index contributed by atoms with van der Waals surface area (Å²) >= 11 is 1.42.